The van der Waals surface area contributed by atoms with Crippen LogP contribution in [-0.4, -0.2) is 30.1 Å². The zero-order chi connectivity index (χ0) is 19.2. The monoisotopic (exact) mass is 363 g/mol. The highest BCUT2D eigenvalue weighted by Crippen LogP contribution is 2.43. The van der Waals surface area contributed by atoms with Gasteiger partial charge in [0.1, 0.15) is 5.76 Å². The van der Waals surface area contributed by atoms with Crippen molar-refractivity contribution in [1.29, 1.82) is 0 Å². The molecule has 4 nitrogen and oxygen atoms in total. The van der Waals surface area contributed by atoms with Gasteiger partial charge in [0.2, 0.25) is 5.91 Å². The van der Waals surface area contributed by atoms with Gasteiger partial charge in [0.15, 0.2) is 0 Å². The van der Waals surface area contributed by atoms with Gasteiger partial charge in [-0.05, 0) is 55.1 Å². The van der Waals surface area contributed by atoms with E-state index in [1.807, 2.05) is 17.0 Å². The molecule has 0 saturated carbocycles. The minimum absolute atomic E-state index is 0.118. The summed E-state index contributed by atoms with van der Waals surface area (Å²) < 4.78 is 11.5. The molecule has 148 valence electrons. The van der Waals surface area contributed by atoms with Gasteiger partial charge in [-0.2, -0.15) is 0 Å². The number of ether oxygens (including phenoxy) is 1. The third-order valence-electron chi connectivity index (χ3n) is 5.88. The van der Waals surface area contributed by atoms with Crippen LogP contribution in [-0.2, 0) is 16.1 Å². The van der Waals surface area contributed by atoms with E-state index in [2.05, 4.69) is 27.7 Å². The van der Waals surface area contributed by atoms with E-state index >= 15 is 0 Å². The molecule has 0 radical (unpaired) electrons. The average molecular weight is 364 g/mol. The minimum atomic E-state index is 0.118. The highest BCUT2D eigenvalue weighted by atomic mass is 16.5. The van der Waals surface area contributed by atoms with Crippen LogP contribution in [0.4, 0.5) is 0 Å². The number of amides is 1. The molecule has 0 bridgehead atoms. The SMILES string of the molecule is CC(=O)N(CC[C@@]1(CCC(C)C)CCO[C@H](C(C)C)C1)Cc1ccco1. The highest BCUT2D eigenvalue weighted by molar-refractivity contribution is 5.73. The molecule has 0 spiro atoms. The number of furan rings is 1. The fraction of sp³-hybridized carbons (Fsp3) is 0.773. The molecule has 1 amide bonds. The molecule has 1 aliphatic rings. The van der Waals surface area contributed by atoms with Gasteiger partial charge in [0, 0.05) is 20.1 Å². The van der Waals surface area contributed by atoms with Crippen LogP contribution < -0.4 is 0 Å². The van der Waals surface area contributed by atoms with Gasteiger partial charge in [0.05, 0.1) is 18.9 Å². The summed E-state index contributed by atoms with van der Waals surface area (Å²) in [5.41, 5.74) is 0.286. The van der Waals surface area contributed by atoms with E-state index in [1.165, 1.54) is 12.8 Å². The Morgan fingerprint density at radius 1 is 1.31 bits per heavy atom. The van der Waals surface area contributed by atoms with Crippen molar-refractivity contribution in [3.05, 3.63) is 24.2 Å². The fourth-order valence-corrected chi connectivity index (χ4v) is 3.93. The lowest BCUT2D eigenvalue weighted by molar-refractivity contribution is -0.131. The number of carbonyl (C=O) groups excluding carboxylic acids is 1. The number of hydrogen-bond acceptors (Lipinski definition) is 3. The van der Waals surface area contributed by atoms with Gasteiger partial charge in [-0.3, -0.25) is 4.79 Å². The molecule has 1 fully saturated rings. The Balaban J connectivity index is 2.05. The lowest BCUT2D eigenvalue weighted by Crippen LogP contribution is -2.41. The van der Waals surface area contributed by atoms with Crippen molar-refractivity contribution in [2.24, 2.45) is 17.3 Å². The van der Waals surface area contributed by atoms with E-state index < -0.39 is 0 Å². The molecule has 1 saturated heterocycles. The second kappa shape index (κ2) is 9.59. The van der Waals surface area contributed by atoms with Gasteiger partial charge in [-0.25, -0.2) is 0 Å². The second-order valence-corrected chi connectivity index (χ2v) is 8.81. The normalized spacial score (nSPS) is 23.6. The molecule has 0 aliphatic carbocycles. The molecule has 0 aromatic carbocycles. The highest BCUT2D eigenvalue weighted by Gasteiger charge is 2.38. The van der Waals surface area contributed by atoms with Gasteiger partial charge in [0.25, 0.3) is 0 Å². The Bertz CT molecular complexity index is 538. The van der Waals surface area contributed by atoms with E-state index in [4.69, 9.17) is 9.15 Å². The number of hydrogen-bond donors (Lipinski definition) is 0. The Hall–Kier alpha value is -1.29. The predicted molar refractivity (Wildman–Crippen MR) is 105 cm³/mol. The number of carbonyl (C=O) groups is 1. The second-order valence-electron chi connectivity index (χ2n) is 8.81. The van der Waals surface area contributed by atoms with Gasteiger partial charge < -0.3 is 14.1 Å². The van der Waals surface area contributed by atoms with Crippen molar-refractivity contribution in [1.82, 2.24) is 4.90 Å². The van der Waals surface area contributed by atoms with Crippen LogP contribution in [0.2, 0.25) is 0 Å². The van der Waals surface area contributed by atoms with Crippen LogP contribution in [0.3, 0.4) is 0 Å². The molecule has 2 heterocycles. The topological polar surface area (TPSA) is 42.7 Å². The molecule has 0 unspecified atom stereocenters. The van der Waals surface area contributed by atoms with Gasteiger partial charge in [-0.15, -0.1) is 0 Å². The average Bonchev–Trinajstić information content (AvgIpc) is 3.10. The first-order chi connectivity index (χ1) is 12.3. The summed E-state index contributed by atoms with van der Waals surface area (Å²) >= 11 is 0. The fourth-order valence-electron chi connectivity index (χ4n) is 3.93. The Morgan fingerprint density at radius 3 is 2.65 bits per heavy atom. The quantitative estimate of drug-likeness (QED) is 0.600. The predicted octanol–water partition coefficient (Wildman–Crippen LogP) is 5.28. The first-order valence-electron chi connectivity index (χ1n) is 10.2. The first kappa shape index (κ1) is 21.0. The number of rotatable bonds is 9. The van der Waals surface area contributed by atoms with Crippen molar-refractivity contribution >= 4 is 5.91 Å². The Labute approximate surface area is 159 Å². The Kier molecular flexibility index (Phi) is 7.75. The standard InChI is InChI=1S/C22H37NO3/c1-17(2)8-9-22(11-14-26-21(15-22)18(3)4)10-12-23(19(5)24)16-20-7-6-13-25-20/h6-7,13,17-18,21H,8-12,14-16H2,1-5H3/t21-,22-/m0/s1. The summed E-state index contributed by atoms with van der Waals surface area (Å²) in [6, 6.07) is 3.82. The van der Waals surface area contributed by atoms with Crippen LogP contribution in [0.1, 0.15) is 72.5 Å². The molecule has 4 heteroatoms. The summed E-state index contributed by atoms with van der Waals surface area (Å²) in [5.74, 6) is 2.22. The van der Waals surface area contributed by atoms with Crippen molar-refractivity contribution in [3.63, 3.8) is 0 Å². The largest absolute Gasteiger partial charge is 0.467 e. The van der Waals surface area contributed by atoms with E-state index in [0.29, 0.717) is 24.5 Å². The van der Waals surface area contributed by atoms with Crippen molar-refractivity contribution in [2.45, 2.75) is 79.4 Å². The van der Waals surface area contributed by atoms with E-state index in [-0.39, 0.29) is 11.3 Å². The zero-order valence-corrected chi connectivity index (χ0v) is 17.3. The summed E-state index contributed by atoms with van der Waals surface area (Å²) in [7, 11) is 0. The first-order valence-corrected chi connectivity index (χ1v) is 10.2. The molecule has 0 N–H and O–H groups in total. The van der Waals surface area contributed by atoms with Gasteiger partial charge in [-0.1, -0.05) is 34.1 Å². The maximum Gasteiger partial charge on any atom is 0.219 e. The van der Waals surface area contributed by atoms with Crippen molar-refractivity contribution in [3.8, 4) is 0 Å². The van der Waals surface area contributed by atoms with Crippen LogP contribution in [0, 0.1) is 17.3 Å². The maximum absolute atomic E-state index is 12.1. The van der Waals surface area contributed by atoms with E-state index in [9.17, 15) is 4.79 Å². The molecular formula is C22H37NO3. The lowest BCUT2D eigenvalue weighted by Gasteiger charge is -2.44. The van der Waals surface area contributed by atoms with Crippen molar-refractivity contribution < 1.29 is 13.9 Å². The third-order valence-corrected chi connectivity index (χ3v) is 5.88. The van der Waals surface area contributed by atoms with E-state index in [0.717, 1.165) is 38.2 Å². The van der Waals surface area contributed by atoms with Crippen LogP contribution in [0.15, 0.2) is 22.8 Å². The van der Waals surface area contributed by atoms with Gasteiger partial charge >= 0.3 is 0 Å². The minimum Gasteiger partial charge on any atom is -0.467 e. The van der Waals surface area contributed by atoms with Crippen LogP contribution >= 0.6 is 0 Å². The smallest absolute Gasteiger partial charge is 0.219 e. The summed E-state index contributed by atoms with van der Waals surface area (Å²) in [4.78, 5) is 14.1. The maximum atomic E-state index is 12.1. The third kappa shape index (κ3) is 6.15. The molecule has 26 heavy (non-hydrogen) atoms. The lowest BCUT2D eigenvalue weighted by atomic mass is 9.69. The Morgan fingerprint density at radius 2 is 2.08 bits per heavy atom. The molecule has 1 aromatic rings. The molecule has 1 aromatic heterocycles. The zero-order valence-electron chi connectivity index (χ0n) is 17.3. The summed E-state index contributed by atoms with van der Waals surface area (Å²) in [5, 5.41) is 0. The summed E-state index contributed by atoms with van der Waals surface area (Å²) in [6.07, 6.45) is 7.74. The molecule has 2 atom stereocenters. The molecular weight excluding hydrogens is 326 g/mol. The van der Waals surface area contributed by atoms with Crippen LogP contribution in [0.25, 0.3) is 0 Å². The van der Waals surface area contributed by atoms with Crippen molar-refractivity contribution in [2.75, 3.05) is 13.2 Å². The molecule has 1 aliphatic heterocycles. The van der Waals surface area contributed by atoms with E-state index in [1.54, 1.807) is 13.2 Å². The molecule has 2 rings (SSSR count). The summed E-state index contributed by atoms with van der Waals surface area (Å²) in [6.45, 7) is 13.0. The number of nitrogens with zero attached hydrogens (tertiary/aromatic N) is 1. The van der Waals surface area contributed by atoms with Crippen LogP contribution in [0.5, 0.6) is 0 Å².